The molecule has 0 aromatic rings. The summed E-state index contributed by atoms with van der Waals surface area (Å²) in [6, 6.07) is 0. The van der Waals surface area contributed by atoms with Crippen molar-refractivity contribution in [1.82, 2.24) is 0 Å². The fourth-order valence-corrected chi connectivity index (χ4v) is 3.22. The molecule has 21 heavy (non-hydrogen) atoms. The molecule has 0 amide bonds. The average molecular weight is 303 g/mol. The van der Waals surface area contributed by atoms with Crippen LogP contribution in [0.4, 0.5) is 0 Å². The van der Waals surface area contributed by atoms with Gasteiger partial charge in [0.05, 0.1) is 12.5 Å². The SMILES string of the molecule is CC1(C)O[C@H]2O[C@@H]([C@H]3COC(C)(C)O3)[C@@H](C[N+](=O)[O-])[C@H]2O1. The zero-order valence-electron chi connectivity index (χ0n) is 12.6. The first-order valence-corrected chi connectivity index (χ1v) is 7.11. The van der Waals surface area contributed by atoms with E-state index in [9.17, 15) is 10.1 Å². The van der Waals surface area contributed by atoms with Gasteiger partial charge in [-0.2, -0.15) is 0 Å². The summed E-state index contributed by atoms with van der Waals surface area (Å²) in [6.07, 6.45) is -1.88. The van der Waals surface area contributed by atoms with E-state index in [1.807, 2.05) is 0 Å². The molecule has 3 aliphatic rings. The highest BCUT2D eigenvalue weighted by Crippen LogP contribution is 2.43. The molecule has 120 valence electrons. The van der Waals surface area contributed by atoms with E-state index in [0.717, 1.165) is 0 Å². The van der Waals surface area contributed by atoms with Crippen LogP contribution in [0.15, 0.2) is 0 Å². The Morgan fingerprint density at radius 1 is 1.10 bits per heavy atom. The van der Waals surface area contributed by atoms with Crippen molar-refractivity contribution in [2.45, 2.75) is 63.9 Å². The van der Waals surface area contributed by atoms with Gasteiger partial charge in [-0.1, -0.05) is 0 Å². The zero-order valence-corrected chi connectivity index (χ0v) is 12.6. The molecule has 3 fully saturated rings. The van der Waals surface area contributed by atoms with Gasteiger partial charge in [0.2, 0.25) is 6.54 Å². The Morgan fingerprint density at radius 2 is 1.81 bits per heavy atom. The highest BCUT2D eigenvalue weighted by Gasteiger charge is 2.59. The van der Waals surface area contributed by atoms with Crippen LogP contribution in [0.3, 0.4) is 0 Å². The number of fused-ring (bicyclic) bond motifs is 1. The Morgan fingerprint density at radius 3 is 2.38 bits per heavy atom. The number of hydrogen-bond acceptors (Lipinski definition) is 7. The Hall–Kier alpha value is -0.800. The summed E-state index contributed by atoms with van der Waals surface area (Å²) in [5.74, 6) is -1.91. The minimum absolute atomic E-state index is 0.244. The lowest BCUT2D eigenvalue weighted by Crippen LogP contribution is -2.42. The predicted octanol–water partition coefficient (Wildman–Crippen LogP) is 0.907. The first kappa shape index (κ1) is 15.1. The molecule has 0 N–H and O–H groups in total. The zero-order chi connectivity index (χ0) is 15.4. The topological polar surface area (TPSA) is 89.3 Å². The van der Waals surface area contributed by atoms with E-state index < -0.39 is 36.0 Å². The molecule has 3 aliphatic heterocycles. The second-order valence-corrected chi connectivity index (χ2v) is 6.62. The maximum atomic E-state index is 11.0. The monoisotopic (exact) mass is 303 g/mol. The first-order valence-electron chi connectivity index (χ1n) is 7.11. The van der Waals surface area contributed by atoms with Gasteiger partial charge in [0.15, 0.2) is 17.9 Å². The molecule has 0 aliphatic carbocycles. The number of nitrogens with zero attached hydrogens (tertiary/aromatic N) is 1. The summed E-state index contributed by atoms with van der Waals surface area (Å²) in [5.41, 5.74) is 0. The van der Waals surface area contributed by atoms with Gasteiger partial charge in [-0.3, -0.25) is 10.1 Å². The fourth-order valence-electron chi connectivity index (χ4n) is 3.22. The van der Waals surface area contributed by atoms with Crippen LogP contribution >= 0.6 is 0 Å². The van der Waals surface area contributed by atoms with E-state index in [-0.39, 0.29) is 17.6 Å². The molecule has 0 aromatic carbocycles. The lowest BCUT2D eigenvalue weighted by Gasteiger charge is -2.27. The third-order valence-corrected chi connectivity index (χ3v) is 3.98. The highest BCUT2D eigenvalue weighted by molar-refractivity contribution is 4.97. The summed E-state index contributed by atoms with van der Waals surface area (Å²) in [7, 11) is 0. The van der Waals surface area contributed by atoms with Crippen molar-refractivity contribution in [1.29, 1.82) is 0 Å². The van der Waals surface area contributed by atoms with Crippen LogP contribution < -0.4 is 0 Å². The second-order valence-electron chi connectivity index (χ2n) is 6.62. The fraction of sp³-hybridized carbons (Fsp3) is 1.00. The third kappa shape index (κ3) is 2.91. The largest absolute Gasteiger partial charge is 0.348 e. The van der Waals surface area contributed by atoms with Gasteiger partial charge < -0.3 is 23.7 Å². The Labute approximate surface area is 122 Å². The summed E-state index contributed by atoms with van der Waals surface area (Å²) >= 11 is 0. The molecular formula is C13H21NO7. The van der Waals surface area contributed by atoms with Gasteiger partial charge >= 0.3 is 0 Å². The van der Waals surface area contributed by atoms with Crippen LogP contribution in [0.25, 0.3) is 0 Å². The maximum Gasteiger partial charge on any atom is 0.211 e. The lowest BCUT2D eigenvalue weighted by molar-refractivity contribution is -0.492. The summed E-state index contributed by atoms with van der Waals surface area (Å²) < 4.78 is 28.6. The molecule has 3 heterocycles. The number of rotatable bonds is 3. The van der Waals surface area contributed by atoms with Gasteiger partial charge in [-0.25, -0.2) is 0 Å². The summed E-state index contributed by atoms with van der Waals surface area (Å²) in [4.78, 5) is 10.6. The molecule has 3 rings (SSSR count). The molecule has 5 atom stereocenters. The molecule has 8 heteroatoms. The smallest absolute Gasteiger partial charge is 0.211 e. The Balaban J connectivity index is 1.77. The molecule has 0 radical (unpaired) electrons. The van der Waals surface area contributed by atoms with Crippen molar-refractivity contribution < 1.29 is 28.6 Å². The van der Waals surface area contributed by atoms with Gasteiger partial charge in [0.1, 0.15) is 18.3 Å². The second kappa shape index (κ2) is 4.85. The number of hydrogen-bond donors (Lipinski definition) is 0. The van der Waals surface area contributed by atoms with E-state index in [1.165, 1.54) is 0 Å². The van der Waals surface area contributed by atoms with Crippen molar-refractivity contribution in [3.63, 3.8) is 0 Å². The molecule has 0 saturated carbocycles. The Bertz CT molecular complexity index is 438. The van der Waals surface area contributed by atoms with Crippen LogP contribution in [0.5, 0.6) is 0 Å². The van der Waals surface area contributed by atoms with Gasteiger partial charge in [0, 0.05) is 4.92 Å². The van der Waals surface area contributed by atoms with Gasteiger partial charge in [-0.05, 0) is 27.7 Å². The van der Waals surface area contributed by atoms with Crippen molar-refractivity contribution in [2.75, 3.05) is 13.2 Å². The molecule has 0 aromatic heterocycles. The van der Waals surface area contributed by atoms with E-state index in [1.54, 1.807) is 27.7 Å². The maximum absolute atomic E-state index is 11.0. The number of nitro groups is 1. The molecule has 0 bridgehead atoms. The molecular weight excluding hydrogens is 282 g/mol. The predicted molar refractivity (Wildman–Crippen MR) is 69.0 cm³/mol. The average Bonchev–Trinajstić information content (AvgIpc) is 2.90. The molecule has 0 unspecified atom stereocenters. The molecule has 0 spiro atoms. The third-order valence-electron chi connectivity index (χ3n) is 3.98. The van der Waals surface area contributed by atoms with Crippen LogP contribution in [0, 0.1) is 16.0 Å². The van der Waals surface area contributed by atoms with Crippen molar-refractivity contribution >= 4 is 0 Å². The van der Waals surface area contributed by atoms with Crippen LogP contribution in [0.2, 0.25) is 0 Å². The first-order chi connectivity index (χ1) is 9.67. The van der Waals surface area contributed by atoms with Crippen LogP contribution in [-0.4, -0.2) is 54.3 Å². The number of ether oxygens (including phenoxy) is 5. The quantitative estimate of drug-likeness (QED) is 0.565. The van der Waals surface area contributed by atoms with E-state index in [0.29, 0.717) is 6.61 Å². The van der Waals surface area contributed by atoms with Gasteiger partial charge in [-0.15, -0.1) is 0 Å². The standard InChI is InChI=1S/C13H21NO7/c1-12(2)17-6-8(19-12)9-7(5-14(15)16)10-11(18-9)21-13(3,4)20-10/h7-11H,5-6H2,1-4H3/t7-,8-,9-,10-,11-/m1/s1. The minimum Gasteiger partial charge on any atom is -0.348 e. The van der Waals surface area contributed by atoms with Crippen molar-refractivity contribution in [3.05, 3.63) is 10.1 Å². The van der Waals surface area contributed by atoms with E-state index in [2.05, 4.69) is 0 Å². The molecule has 3 saturated heterocycles. The van der Waals surface area contributed by atoms with E-state index >= 15 is 0 Å². The highest BCUT2D eigenvalue weighted by atomic mass is 16.8. The lowest BCUT2D eigenvalue weighted by atomic mass is 9.95. The molecule has 8 nitrogen and oxygen atoms in total. The van der Waals surface area contributed by atoms with Gasteiger partial charge in [0.25, 0.3) is 0 Å². The van der Waals surface area contributed by atoms with Crippen molar-refractivity contribution in [3.8, 4) is 0 Å². The van der Waals surface area contributed by atoms with E-state index in [4.69, 9.17) is 23.7 Å². The summed E-state index contributed by atoms with van der Waals surface area (Å²) in [5, 5.41) is 11.0. The van der Waals surface area contributed by atoms with Crippen LogP contribution in [-0.2, 0) is 23.7 Å². The van der Waals surface area contributed by atoms with Crippen LogP contribution in [0.1, 0.15) is 27.7 Å². The van der Waals surface area contributed by atoms with Crippen molar-refractivity contribution in [2.24, 2.45) is 5.92 Å². The summed E-state index contributed by atoms with van der Waals surface area (Å²) in [6.45, 7) is 7.25. The Kier molecular flexibility index (Phi) is 3.49. The normalized spacial score (nSPS) is 43.9. The minimum atomic E-state index is -0.790.